The van der Waals surface area contributed by atoms with E-state index in [1.807, 2.05) is 30.0 Å². The Balaban J connectivity index is 1.28. The molecule has 0 radical (unpaired) electrons. The van der Waals surface area contributed by atoms with Gasteiger partial charge in [-0.3, -0.25) is 4.72 Å². The first-order chi connectivity index (χ1) is 17.0. The van der Waals surface area contributed by atoms with Crippen LogP contribution in [0.5, 0.6) is 5.75 Å². The Morgan fingerprint density at radius 1 is 1.03 bits per heavy atom. The molecule has 3 aliphatic rings. The topological polar surface area (TPSA) is 67.4 Å². The van der Waals surface area contributed by atoms with Gasteiger partial charge in [0, 0.05) is 28.8 Å². The quantitative estimate of drug-likeness (QED) is 0.403. The average Bonchev–Trinajstić information content (AvgIpc) is 3.32. The standard InChI is InChI=1S/C27H25FN2O3S2/c28-18-7-9-19(10-8-18)30-35(31,32)22-11-12-26-25(14-22)23-5-2-6-24(23)27(29-26)17-3-1-4-20(13-17)33-21-15-34-16-21/h1-5,7-14,21,23-24,27,29-30H,6,15-16H2/t23-,24+,27+/m0/s1. The maximum atomic E-state index is 13.2. The third kappa shape index (κ3) is 4.41. The molecule has 0 spiro atoms. The monoisotopic (exact) mass is 508 g/mol. The van der Waals surface area contributed by atoms with Crippen molar-refractivity contribution >= 4 is 33.2 Å². The summed E-state index contributed by atoms with van der Waals surface area (Å²) in [5.41, 5.74) is 3.41. The number of fused-ring (bicyclic) bond motifs is 3. The number of sulfonamides is 1. The lowest BCUT2D eigenvalue weighted by atomic mass is 9.77. The second-order valence-electron chi connectivity index (χ2n) is 9.19. The van der Waals surface area contributed by atoms with E-state index in [0.29, 0.717) is 11.8 Å². The van der Waals surface area contributed by atoms with Crippen molar-refractivity contribution in [3.8, 4) is 5.75 Å². The minimum Gasteiger partial charge on any atom is -0.489 e. The van der Waals surface area contributed by atoms with Gasteiger partial charge in [0.1, 0.15) is 17.7 Å². The van der Waals surface area contributed by atoms with Crippen LogP contribution in [0, 0.1) is 11.7 Å². The first-order valence-corrected chi connectivity index (χ1v) is 14.3. The molecule has 1 aliphatic carbocycles. The summed E-state index contributed by atoms with van der Waals surface area (Å²) in [7, 11) is -3.81. The first-order valence-electron chi connectivity index (χ1n) is 11.7. The molecule has 2 heterocycles. The Kier molecular flexibility index (Phi) is 5.73. The van der Waals surface area contributed by atoms with Gasteiger partial charge in [-0.25, -0.2) is 12.8 Å². The van der Waals surface area contributed by atoms with Crippen LogP contribution in [-0.2, 0) is 10.0 Å². The summed E-state index contributed by atoms with van der Waals surface area (Å²) >= 11 is 1.90. The van der Waals surface area contributed by atoms with Crippen LogP contribution in [0.4, 0.5) is 15.8 Å². The van der Waals surface area contributed by atoms with E-state index in [0.717, 1.165) is 34.9 Å². The molecular formula is C27H25FN2O3S2. The fraction of sp³-hybridized carbons (Fsp3) is 0.259. The van der Waals surface area contributed by atoms with E-state index in [9.17, 15) is 12.8 Å². The zero-order chi connectivity index (χ0) is 24.0. The smallest absolute Gasteiger partial charge is 0.261 e. The molecule has 2 N–H and O–H groups in total. The zero-order valence-electron chi connectivity index (χ0n) is 18.9. The van der Waals surface area contributed by atoms with Crippen LogP contribution in [0.1, 0.15) is 29.5 Å². The van der Waals surface area contributed by atoms with E-state index >= 15 is 0 Å². The van der Waals surface area contributed by atoms with Crippen molar-refractivity contribution < 1.29 is 17.5 Å². The highest BCUT2D eigenvalue weighted by atomic mass is 32.2. The number of nitrogens with one attached hydrogen (secondary N) is 2. The van der Waals surface area contributed by atoms with Crippen molar-refractivity contribution in [3.05, 3.63) is 95.8 Å². The summed E-state index contributed by atoms with van der Waals surface area (Å²) in [5.74, 6) is 2.95. The van der Waals surface area contributed by atoms with Crippen LogP contribution in [0.3, 0.4) is 0 Å². The van der Waals surface area contributed by atoms with Gasteiger partial charge in [0.05, 0.1) is 10.9 Å². The molecule has 2 aliphatic heterocycles. The molecule has 8 heteroatoms. The number of halogens is 1. The minimum atomic E-state index is -3.81. The third-order valence-electron chi connectivity index (χ3n) is 6.87. The lowest BCUT2D eigenvalue weighted by Crippen LogP contribution is -2.31. The number of hydrogen-bond acceptors (Lipinski definition) is 5. The fourth-order valence-electron chi connectivity index (χ4n) is 5.06. The molecule has 0 bridgehead atoms. The molecule has 0 saturated carbocycles. The summed E-state index contributed by atoms with van der Waals surface area (Å²) in [6, 6.07) is 18.9. The van der Waals surface area contributed by atoms with Gasteiger partial charge in [-0.1, -0.05) is 24.3 Å². The number of benzene rings is 3. The summed E-state index contributed by atoms with van der Waals surface area (Å²) in [6.07, 6.45) is 5.58. The number of thioether (sulfide) groups is 1. The highest BCUT2D eigenvalue weighted by Crippen LogP contribution is 2.50. The van der Waals surface area contributed by atoms with E-state index < -0.39 is 15.8 Å². The second-order valence-corrected chi connectivity index (χ2v) is 11.9. The highest BCUT2D eigenvalue weighted by Gasteiger charge is 2.38. The van der Waals surface area contributed by atoms with Crippen LogP contribution in [0.15, 0.2) is 83.8 Å². The van der Waals surface area contributed by atoms with Crippen LogP contribution in [-0.4, -0.2) is 26.0 Å². The molecule has 0 amide bonds. The van der Waals surface area contributed by atoms with Gasteiger partial charge < -0.3 is 10.1 Å². The molecule has 5 nitrogen and oxygen atoms in total. The first kappa shape index (κ1) is 22.5. The molecule has 3 atom stereocenters. The number of hydrogen-bond donors (Lipinski definition) is 2. The van der Waals surface area contributed by atoms with Crippen molar-refractivity contribution in [1.82, 2.24) is 0 Å². The van der Waals surface area contributed by atoms with E-state index in [1.54, 1.807) is 12.1 Å². The SMILES string of the molecule is O=S(=O)(Nc1ccc(F)cc1)c1ccc2c(c1)[C@H]1C=CC[C@H]1[C@@H](c1cccc(OC3CSC3)c1)N2. The lowest BCUT2D eigenvalue weighted by Gasteiger charge is -2.38. The highest BCUT2D eigenvalue weighted by molar-refractivity contribution is 8.00. The Hall–Kier alpha value is -2.97. The van der Waals surface area contributed by atoms with E-state index in [4.69, 9.17) is 4.74 Å². The summed E-state index contributed by atoms with van der Waals surface area (Å²) < 4.78 is 48.0. The van der Waals surface area contributed by atoms with Crippen molar-refractivity contribution in [2.24, 2.45) is 5.92 Å². The van der Waals surface area contributed by atoms with Gasteiger partial charge in [-0.05, 0) is 78.1 Å². The van der Waals surface area contributed by atoms with Gasteiger partial charge >= 0.3 is 0 Å². The normalized spacial score (nSPS) is 23.1. The van der Waals surface area contributed by atoms with Crippen LogP contribution in [0.25, 0.3) is 0 Å². The van der Waals surface area contributed by atoms with Crippen molar-refractivity contribution in [2.75, 3.05) is 21.5 Å². The summed E-state index contributed by atoms with van der Waals surface area (Å²) in [4.78, 5) is 0.189. The zero-order valence-corrected chi connectivity index (χ0v) is 20.5. The van der Waals surface area contributed by atoms with Crippen LogP contribution in [0.2, 0.25) is 0 Å². The molecule has 1 fully saturated rings. The van der Waals surface area contributed by atoms with Gasteiger partial charge in [0.25, 0.3) is 10.0 Å². The van der Waals surface area contributed by atoms with Gasteiger partial charge in [0.15, 0.2) is 0 Å². The van der Waals surface area contributed by atoms with Gasteiger partial charge in [-0.15, -0.1) is 0 Å². The second kappa shape index (κ2) is 8.91. The van der Waals surface area contributed by atoms with E-state index in [2.05, 4.69) is 34.3 Å². The van der Waals surface area contributed by atoms with Crippen LogP contribution < -0.4 is 14.8 Å². The van der Waals surface area contributed by atoms with Crippen molar-refractivity contribution in [3.63, 3.8) is 0 Å². The summed E-state index contributed by atoms with van der Waals surface area (Å²) in [6.45, 7) is 0. The van der Waals surface area contributed by atoms with Gasteiger partial charge in [0.2, 0.25) is 0 Å². The third-order valence-corrected chi connectivity index (χ3v) is 9.46. The minimum absolute atomic E-state index is 0.0987. The average molecular weight is 509 g/mol. The summed E-state index contributed by atoms with van der Waals surface area (Å²) in [5, 5.41) is 3.67. The Bertz CT molecular complexity index is 1390. The Morgan fingerprint density at radius 3 is 2.63 bits per heavy atom. The predicted molar refractivity (Wildman–Crippen MR) is 138 cm³/mol. The molecule has 180 valence electrons. The van der Waals surface area contributed by atoms with Gasteiger partial charge in [-0.2, -0.15) is 11.8 Å². The lowest BCUT2D eigenvalue weighted by molar-refractivity contribution is 0.240. The maximum Gasteiger partial charge on any atom is 0.261 e. The molecule has 1 saturated heterocycles. The Morgan fingerprint density at radius 2 is 1.86 bits per heavy atom. The number of ether oxygens (including phenoxy) is 1. The van der Waals surface area contributed by atoms with Crippen molar-refractivity contribution in [1.29, 1.82) is 0 Å². The van der Waals surface area contributed by atoms with Crippen LogP contribution >= 0.6 is 11.8 Å². The molecule has 3 aromatic carbocycles. The molecule has 0 aromatic heterocycles. The molecule has 35 heavy (non-hydrogen) atoms. The molecular weight excluding hydrogens is 483 g/mol. The maximum absolute atomic E-state index is 13.2. The molecule has 6 rings (SSSR count). The van der Waals surface area contributed by atoms with E-state index in [-0.39, 0.29) is 22.8 Å². The van der Waals surface area contributed by atoms with Crippen molar-refractivity contribution in [2.45, 2.75) is 29.4 Å². The molecule has 3 aromatic rings. The number of rotatable bonds is 6. The molecule has 0 unspecified atom stereocenters. The fourth-order valence-corrected chi connectivity index (χ4v) is 6.72. The number of allylic oxidation sites excluding steroid dienone is 2. The Labute approximate surface area is 208 Å². The number of anilines is 2. The van der Waals surface area contributed by atoms with E-state index in [1.165, 1.54) is 29.8 Å². The predicted octanol–water partition coefficient (Wildman–Crippen LogP) is 5.95. The largest absolute Gasteiger partial charge is 0.489 e.